The van der Waals surface area contributed by atoms with Crippen LogP contribution in [0, 0.1) is 18.8 Å². The van der Waals surface area contributed by atoms with Crippen LogP contribution in [0.1, 0.15) is 52.0 Å². The van der Waals surface area contributed by atoms with Gasteiger partial charge in [0, 0.05) is 42.6 Å². The van der Waals surface area contributed by atoms with Crippen molar-refractivity contribution in [3.8, 4) is 0 Å². The molecule has 1 amide bonds. The Bertz CT molecular complexity index is 1140. The average molecular weight is 459 g/mol. The van der Waals surface area contributed by atoms with Crippen LogP contribution in [-0.4, -0.2) is 61.3 Å². The molecule has 6 atom stereocenters. The van der Waals surface area contributed by atoms with E-state index in [1.54, 1.807) is 6.33 Å². The number of carbonyl (C=O) groups is 1. The van der Waals surface area contributed by atoms with Crippen LogP contribution in [0.4, 0.5) is 0 Å². The zero-order chi connectivity index (χ0) is 23.2. The standard InChI is InChI=1S/C26H30N6O2/c1-16-2-6-18(7-3-16)25(33)23-11-10-20(28-23)12-17-4-8-19(9-5-17)26(34)31-13-21-22(14-31)24(21)32-15-27-29-30-32/h2-9,15,20-25,28,33H,10-14H2,1H3/t20-,21-,22+,23?,24?,25+/m0/s1. The number of fused-ring (bicyclic) bond motifs is 1. The van der Waals surface area contributed by atoms with Gasteiger partial charge < -0.3 is 15.3 Å². The first kappa shape index (κ1) is 21.4. The van der Waals surface area contributed by atoms with Gasteiger partial charge in [0.25, 0.3) is 5.91 Å². The van der Waals surface area contributed by atoms with Crippen molar-refractivity contribution in [1.29, 1.82) is 0 Å². The number of aryl methyl sites for hydroxylation is 1. The van der Waals surface area contributed by atoms with E-state index in [1.165, 1.54) is 11.1 Å². The highest BCUT2D eigenvalue weighted by Crippen LogP contribution is 2.54. The Hall–Kier alpha value is -3.10. The largest absolute Gasteiger partial charge is 0.387 e. The number of aliphatic hydroxyl groups excluding tert-OH is 1. The van der Waals surface area contributed by atoms with Gasteiger partial charge in [-0.05, 0) is 59.9 Å². The minimum Gasteiger partial charge on any atom is -0.387 e. The van der Waals surface area contributed by atoms with Gasteiger partial charge in [-0.3, -0.25) is 4.79 Å². The summed E-state index contributed by atoms with van der Waals surface area (Å²) in [6.07, 6.45) is 4.07. The number of piperidine rings is 1. The van der Waals surface area contributed by atoms with Gasteiger partial charge in [-0.15, -0.1) is 5.10 Å². The molecule has 6 rings (SSSR count). The Morgan fingerprint density at radius 3 is 2.50 bits per heavy atom. The van der Waals surface area contributed by atoms with E-state index in [0.29, 0.717) is 23.9 Å². The molecule has 8 heteroatoms. The number of hydrogen-bond acceptors (Lipinski definition) is 6. The third-order valence-electron chi connectivity index (χ3n) is 7.87. The predicted molar refractivity (Wildman–Crippen MR) is 126 cm³/mol. The molecule has 3 fully saturated rings. The van der Waals surface area contributed by atoms with Gasteiger partial charge in [0.2, 0.25) is 0 Å². The Labute approximate surface area is 199 Å². The summed E-state index contributed by atoms with van der Waals surface area (Å²) in [6, 6.07) is 16.9. The Morgan fingerprint density at radius 2 is 1.82 bits per heavy atom. The minimum atomic E-state index is -0.488. The molecule has 2 saturated heterocycles. The second kappa shape index (κ2) is 8.60. The number of benzene rings is 2. The lowest BCUT2D eigenvalue weighted by Gasteiger charge is -2.21. The summed E-state index contributed by atoms with van der Waals surface area (Å²) in [5, 5.41) is 25.8. The molecule has 2 aromatic carbocycles. The number of aliphatic hydroxyl groups is 1. The zero-order valence-electron chi connectivity index (χ0n) is 19.3. The summed E-state index contributed by atoms with van der Waals surface area (Å²) in [4.78, 5) is 14.9. The van der Waals surface area contributed by atoms with Crippen LogP contribution in [-0.2, 0) is 6.42 Å². The molecule has 3 heterocycles. The number of nitrogens with zero attached hydrogens (tertiary/aromatic N) is 5. The maximum absolute atomic E-state index is 13.0. The van der Waals surface area contributed by atoms with Gasteiger partial charge in [0.1, 0.15) is 6.33 Å². The first-order valence-corrected chi connectivity index (χ1v) is 12.2. The quantitative estimate of drug-likeness (QED) is 0.589. The van der Waals surface area contributed by atoms with Crippen molar-refractivity contribution < 1.29 is 9.90 Å². The Balaban J connectivity index is 1.01. The number of aromatic nitrogens is 4. The number of amides is 1. The zero-order valence-corrected chi connectivity index (χ0v) is 19.3. The Morgan fingerprint density at radius 1 is 1.09 bits per heavy atom. The molecular weight excluding hydrogens is 428 g/mol. The number of carbonyl (C=O) groups excluding carboxylic acids is 1. The third kappa shape index (κ3) is 4.01. The maximum atomic E-state index is 13.0. The summed E-state index contributed by atoms with van der Waals surface area (Å²) in [5.41, 5.74) is 4.12. The van der Waals surface area contributed by atoms with E-state index in [-0.39, 0.29) is 11.9 Å². The first-order valence-electron chi connectivity index (χ1n) is 12.2. The van der Waals surface area contributed by atoms with E-state index in [9.17, 15) is 9.90 Å². The van der Waals surface area contributed by atoms with Gasteiger partial charge in [-0.2, -0.15) is 0 Å². The fraction of sp³-hybridized carbons (Fsp3) is 0.462. The van der Waals surface area contributed by atoms with Crippen LogP contribution in [0.15, 0.2) is 54.9 Å². The summed E-state index contributed by atoms with van der Waals surface area (Å²) in [7, 11) is 0. The first-order chi connectivity index (χ1) is 16.6. The Kier molecular flexibility index (Phi) is 5.42. The fourth-order valence-electron chi connectivity index (χ4n) is 5.86. The number of nitrogens with one attached hydrogen (secondary N) is 1. The smallest absolute Gasteiger partial charge is 0.253 e. The molecule has 0 bridgehead atoms. The van der Waals surface area contributed by atoms with E-state index >= 15 is 0 Å². The molecule has 2 N–H and O–H groups in total. The molecule has 0 spiro atoms. The number of rotatable bonds is 6. The minimum absolute atomic E-state index is 0.0762. The van der Waals surface area contributed by atoms with Crippen molar-refractivity contribution >= 4 is 5.91 Å². The van der Waals surface area contributed by atoms with Crippen molar-refractivity contribution in [3.05, 3.63) is 77.1 Å². The molecule has 0 radical (unpaired) electrons. The second-order valence-electron chi connectivity index (χ2n) is 10.1. The van der Waals surface area contributed by atoms with Gasteiger partial charge in [0.15, 0.2) is 0 Å². The van der Waals surface area contributed by atoms with Crippen molar-refractivity contribution in [3.63, 3.8) is 0 Å². The van der Waals surface area contributed by atoms with Crippen LogP contribution in [0.5, 0.6) is 0 Å². The molecular formula is C26H30N6O2. The van der Waals surface area contributed by atoms with Crippen molar-refractivity contribution in [2.45, 2.75) is 50.4 Å². The van der Waals surface area contributed by atoms with Gasteiger partial charge in [-0.1, -0.05) is 42.0 Å². The lowest BCUT2D eigenvalue weighted by molar-refractivity contribution is 0.0767. The average Bonchev–Trinajstić information content (AvgIpc) is 3.38. The maximum Gasteiger partial charge on any atom is 0.253 e. The lowest BCUT2D eigenvalue weighted by atomic mass is 10.00. The fourth-order valence-corrected chi connectivity index (χ4v) is 5.86. The predicted octanol–water partition coefficient (Wildman–Crippen LogP) is 2.32. The van der Waals surface area contributed by atoms with Gasteiger partial charge >= 0.3 is 0 Å². The molecule has 2 aliphatic heterocycles. The molecule has 34 heavy (non-hydrogen) atoms. The van der Waals surface area contributed by atoms with E-state index in [1.807, 2.05) is 46.0 Å². The number of hydrogen-bond donors (Lipinski definition) is 2. The summed E-state index contributed by atoms with van der Waals surface area (Å²) < 4.78 is 1.83. The normalized spacial score (nSPS) is 28.6. The monoisotopic (exact) mass is 458 g/mol. The second-order valence-corrected chi connectivity index (χ2v) is 10.1. The highest BCUT2D eigenvalue weighted by molar-refractivity contribution is 5.94. The van der Waals surface area contributed by atoms with E-state index in [4.69, 9.17) is 0 Å². The molecule has 1 aliphatic carbocycles. The van der Waals surface area contributed by atoms with Crippen LogP contribution in [0.25, 0.3) is 0 Å². The van der Waals surface area contributed by atoms with E-state index in [0.717, 1.165) is 43.5 Å². The van der Waals surface area contributed by atoms with Crippen LogP contribution < -0.4 is 5.32 Å². The van der Waals surface area contributed by atoms with E-state index in [2.05, 4.69) is 39.9 Å². The number of tetrazole rings is 1. The highest BCUT2D eigenvalue weighted by atomic mass is 16.3. The summed E-state index contributed by atoms with van der Waals surface area (Å²) >= 11 is 0. The highest BCUT2D eigenvalue weighted by Gasteiger charge is 2.58. The SMILES string of the molecule is Cc1ccc([C@@H](O)C2CC[C@@H](Cc3ccc(C(=O)N4C[C@@H]5C(n6cnnn6)[C@@H]5C4)cc3)N2)cc1. The van der Waals surface area contributed by atoms with Gasteiger partial charge in [-0.25, -0.2) is 4.68 Å². The molecule has 3 aliphatic rings. The van der Waals surface area contributed by atoms with Crippen LogP contribution >= 0.6 is 0 Å². The molecule has 2 unspecified atom stereocenters. The third-order valence-corrected chi connectivity index (χ3v) is 7.87. The van der Waals surface area contributed by atoms with Crippen molar-refractivity contribution in [1.82, 2.24) is 30.4 Å². The number of likely N-dealkylation sites (tertiary alicyclic amines) is 1. The van der Waals surface area contributed by atoms with Gasteiger partial charge in [0.05, 0.1) is 12.1 Å². The van der Waals surface area contributed by atoms with Crippen LogP contribution in [0.2, 0.25) is 0 Å². The topological polar surface area (TPSA) is 96.2 Å². The van der Waals surface area contributed by atoms with Crippen molar-refractivity contribution in [2.24, 2.45) is 11.8 Å². The summed E-state index contributed by atoms with van der Waals surface area (Å²) in [5.74, 6) is 1.03. The molecule has 176 valence electrons. The molecule has 3 aromatic rings. The van der Waals surface area contributed by atoms with E-state index < -0.39 is 6.10 Å². The lowest BCUT2D eigenvalue weighted by Crippen LogP contribution is -2.35. The molecule has 8 nitrogen and oxygen atoms in total. The molecule has 1 aromatic heterocycles. The summed E-state index contributed by atoms with van der Waals surface area (Å²) in [6.45, 7) is 3.60. The molecule has 1 saturated carbocycles. The van der Waals surface area contributed by atoms with Crippen LogP contribution in [0.3, 0.4) is 0 Å². The van der Waals surface area contributed by atoms with Crippen molar-refractivity contribution in [2.75, 3.05) is 13.1 Å².